The number of benzene rings is 1. The largest absolute Gasteiger partial charge is 0.372 e. The van der Waals surface area contributed by atoms with Gasteiger partial charge in [-0.15, -0.1) is 0 Å². The average molecular weight is 336 g/mol. The molecule has 2 aromatic rings. The molecule has 6 heteroatoms. The highest BCUT2D eigenvalue weighted by Crippen LogP contribution is 2.34. The third kappa shape index (κ3) is 2.96. The Bertz CT molecular complexity index is 646. The SMILES string of the molecule is Cc1ccccc1C(C)Nc1c(Br)cncc1[N+](=O)[O-]. The summed E-state index contributed by atoms with van der Waals surface area (Å²) in [6, 6.07) is 7.90. The number of hydrogen-bond acceptors (Lipinski definition) is 4. The first-order valence-electron chi connectivity index (χ1n) is 6.10. The summed E-state index contributed by atoms with van der Waals surface area (Å²) in [7, 11) is 0. The maximum absolute atomic E-state index is 11.1. The number of anilines is 1. The van der Waals surface area contributed by atoms with Gasteiger partial charge in [0.25, 0.3) is 0 Å². The second-order valence-corrected chi connectivity index (χ2v) is 5.35. The number of aromatic nitrogens is 1. The molecule has 0 amide bonds. The van der Waals surface area contributed by atoms with E-state index in [0.29, 0.717) is 10.2 Å². The van der Waals surface area contributed by atoms with Crippen LogP contribution in [0.3, 0.4) is 0 Å². The van der Waals surface area contributed by atoms with E-state index in [0.717, 1.165) is 11.1 Å². The predicted molar refractivity (Wildman–Crippen MR) is 81.8 cm³/mol. The standard InChI is InChI=1S/C14H14BrN3O2/c1-9-5-3-4-6-11(9)10(2)17-14-12(15)7-16-8-13(14)18(19)20/h3-8,10H,1-2H3,(H,16,17). The van der Waals surface area contributed by atoms with E-state index in [1.54, 1.807) is 6.20 Å². The highest BCUT2D eigenvalue weighted by atomic mass is 79.9. The van der Waals surface area contributed by atoms with Crippen molar-refractivity contribution in [2.45, 2.75) is 19.9 Å². The van der Waals surface area contributed by atoms with Crippen molar-refractivity contribution in [1.82, 2.24) is 4.98 Å². The maximum Gasteiger partial charge on any atom is 0.311 e. The number of halogens is 1. The second kappa shape index (κ2) is 6.00. The van der Waals surface area contributed by atoms with Crippen LogP contribution in [0.5, 0.6) is 0 Å². The van der Waals surface area contributed by atoms with Crippen LogP contribution in [0.1, 0.15) is 24.1 Å². The smallest absolute Gasteiger partial charge is 0.311 e. The van der Waals surface area contributed by atoms with Gasteiger partial charge in [-0.1, -0.05) is 24.3 Å². The van der Waals surface area contributed by atoms with Gasteiger partial charge in [0.05, 0.1) is 9.40 Å². The summed E-state index contributed by atoms with van der Waals surface area (Å²) in [6.07, 6.45) is 2.79. The number of nitro groups is 1. The first-order chi connectivity index (χ1) is 9.50. The quantitative estimate of drug-likeness (QED) is 0.670. The Kier molecular flexibility index (Phi) is 4.34. The lowest BCUT2D eigenvalue weighted by Crippen LogP contribution is -2.10. The molecule has 1 atom stereocenters. The van der Waals surface area contributed by atoms with Crippen molar-refractivity contribution in [1.29, 1.82) is 0 Å². The van der Waals surface area contributed by atoms with Gasteiger partial charge in [-0.05, 0) is 40.9 Å². The molecule has 0 fully saturated rings. The van der Waals surface area contributed by atoms with E-state index in [1.165, 1.54) is 6.20 Å². The van der Waals surface area contributed by atoms with Crippen LogP contribution in [0.25, 0.3) is 0 Å². The van der Waals surface area contributed by atoms with Crippen molar-refractivity contribution in [3.63, 3.8) is 0 Å². The number of hydrogen-bond donors (Lipinski definition) is 1. The van der Waals surface area contributed by atoms with Crippen molar-refractivity contribution in [3.8, 4) is 0 Å². The summed E-state index contributed by atoms with van der Waals surface area (Å²) < 4.78 is 0.576. The number of rotatable bonds is 4. The van der Waals surface area contributed by atoms with Crippen molar-refractivity contribution in [2.24, 2.45) is 0 Å². The van der Waals surface area contributed by atoms with Crippen LogP contribution in [0.15, 0.2) is 41.1 Å². The zero-order chi connectivity index (χ0) is 14.7. The van der Waals surface area contributed by atoms with Crippen molar-refractivity contribution in [2.75, 3.05) is 5.32 Å². The van der Waals surface area contributed by atoms with Crippen LogP contribution in [-0.2, 0) is 0 Å². The first-order valence-corrected chi connectivity index (χ1v) is 6.90. The zero-order valence-electron chi connectivity index (χ0n) is 11.1. The Morgan fingerprint density at radius 3 is 2.70 bits per heavy atom. The lowest BCUT2D eigenvalue weighted by atomic mass is 10.0. The fourth-order valence-corrected chi connectivity index (χ4v) is 2.51. The summed E-state index contributed by atoms with van der Waals surface area (Å²) in [5.41, 5.74) is 2.64. The van der Waals surface area contributed by atoms with Crippen LogP contribution in [0.2, 0.25) is 0 Å². The first kappa shape index (κ1) is 14.5. The van der Waals surface area contributed by atoms with Crippen LogP contribution in [-0.4, -0.2) is 9.91 Å². The van der Waals surface area contributed by atoms with Gasteiger partial charge in [0, 0.05) is 12.2 Å². The van der Waals surface area contributed by atoms with Crippen LogP contribution in [0, 0.1) is 17.0 Å². The van der Waals surface area contributed by atoms with E-state index in [2.05, 4.69) is 26.2 Å². The summed E-state index contributed by atoms with van der Waals surface area (Å²) in [5.74, 6) is 0. The van der Waals surface area contributed by atoms with Gasteiger partial charge in [0.1, 0.15) is 11.9 Å². The topological polar surface area (TPSA) is 68.1 Å². The molecule has 0 bridgehead atoms. The molecule has 0 aliphatic heterocycles. The molecule has 1 heterocycles. The molecule has 1 N–H and O–H groups in total. The fourth-order valence-electron chi connectivity index (χ4n) is 2.07. The molecule has 2 rings (SSSR count). The van der Waals surface area contributed by atoms with E-state index >= 15 is 0 Å². The number of aryl methyl sites for hydroxylation is 1. The number of pyridine rings is 1. The zero-order valence-corrected chi connectivity index (χ0v) is 12.7. The molecule has 1 aromatic carbocycles. The monoisotopic (exact) mass is 335 g/mol. The minimum atomic E-state index is -0.440. The minimum absolute atomic E-state index is 0.0418. The molecule has 0 saturated heterocycles. The van der Waals surface area contributed by atoms with Crippen LogP contribution >= 0.6 is 15.9 Å². The van der Waals surface area contributed by atoms with Gasteiger partial charge in [0.15, 0.2) is 0 Å². The molecule has 1 aromatic heterocycles. The molecule has 0 aliphatic rings. The third-order valence-corrected chi connectivity index (χ3v) is 3.69. The van der Waals surface area contributed by atoms with Crippen molar-refractivity contribution >= 4 is 27.3 Å². The molecule has 104 valence electrons. The van der Waals surface area contributed by atoms with Gasteiger partial charge < -0.3 is 5.32 Å². The lowest BCUT2D eigenvalue weighted by Gasteiger charge is -2.18. The Morgan fingerprint density at radius 1 is 1.35 bits per heavy atom. The third-order valence-electron chi connectivity index (χ3n) is 3.09. The molecular formula is C14H14BrN3O2. The second-order valence-electron chi connectivity index (χ2n) is 4.50. The van der Waals surface area contributed by atoms with Crippen molar-refractivity contribution < 1.29 is 4.92 Å². The lowest BCUT2D eigenvalue weighted by molar-refractivity contribution is -0.384. The van der Waals surface area contributed by atoms with E-state index in [9.17, 15) is 10.1 Å². The molecule has 5 nitrogen and oxygen atoms in total. The molecule has 0 radical (unpaired) electrons. The van der Waals surface area contributed by atoms with Gasteiger partial charge in [0.2, 0.25) is 0 Å². The molecular weight excluding hydrogens is 322 g/mol. The molecule has 1 unspecified atom stereocenters. The highest BCUT2D eigenvalue weighted by Gasteiger charge is 2.19. The molecule has 20 heavy (non-hydrogen) atoms. The molecule has 0 spiro atoms. The Balaban J connectivity index is 2.35. The fraction of sp³-hybridized carbons (Fsp3) is 0.214. The van der Waals surface area contributed by atoms with Crippen LogP contribution in [0.4, 0.5) is 11.4 Å². The summed E-state index contributed by atoms with van der Waals surface area (Å²) in [6.45, 7) is 3.99. The number of nitrogens with zero attached hydrogens (tertiary/aromatic N) is 2. The normalized spacial score (nSPS) is 11.9. The van der Waals surface area contributed by atoms with Gasteiger partial charge in [-0.3, -0.25) is 15.1 Å². The number of nitrogens with one attached hydrogen (secondary N) is 1. The van der Waals surface area contributed by atoms with E-state index in [-0.39, 0.29) is 11.7 Å². The van der Waals surface area contributed by atoms with E-state index in [4.69, 9.17) is 0 Å². The van der Waals surface area contributed by atoms with E-state index < -0.39 is 4.92 Å². The summed E-state index contributed by atoms with van der Waals surface area (Å²) >= 11 is 3.31. The Morgan fingerprint density at radius 2 is 2.05 bits per heavy atom. The minimum Gasteiger partial charge on any atom is -0.372 e. The van der Waals surface area contributed by atoms with Crippen molar-refractivity contribution in [3.05, 3.63) is 62.4 Å². The Hall–Kier alpha value is -1.95. The van der Waals surface area contributed by atoms with E-state index in [1.807, 2.05) is 38.1 Å². The molecule has 0 saturated carbocycles. The maximum atomic E-state index is 11.1. The summed E-state index contributed by atoms with van der Waals surface area (Å²) in [5, 5.41) is 14.3. The highest BCUT2D eigenvalue weighted by molar-refractivity contribution is 9.10. The molecule has 0 aliphatic carbocycles. The van der Waals surface area contributed by atoms with Gasteiger partial charge >= 0.3 is 5.69 Å². The van der Waals surface area contributed by atoms with Crippen LogP contribution < -0.4 is 5.32 Å². The predicted octanol–water partition coefficient (Wildman–Crippen LogP) is 4.23. The van der Waals surface area contributed by atoms with Gasteiger partial charge in [-0.25, -0.2) is 0 Å². The summed E-state index contributed by atoms with van der Waals surface area (Å²) in [4.78, 5) is 14.5. The Labute approximate surface area is 125 Å². The van der Waals surface area contributed by atoms with Gasteiger partial charge in [-0.2, -0.15) is 0 Å². The average Bonchev–Trinajstić information content (AvgIpc) is 2.41.